The molecule has 14 heteroatoms. The number of rotatable bonds is 9. The van der Waals surface area contributed by atoms with Crippen molar-refractivity contribution in [1.29, 1.82) is 0 Å². The van der Waals surface area contributed by atoms with E-state index in [1.165, 1.54) is 0 Å². The van der Waals surface area contributed by atoms with Crippen molar-refractivity contribution in [2.75, 3.05) is 6.61 Å². The Labute approximate surface area is 206 Å². The highest BCUT2D eigenvalue weighted by atomic mass is 32.2. The number of carbonyl (C=O) groups is 1. The molecule has 0 spiro atoms. The number of halogens is 3. The Morgan fingerprint density at radius 3 is 2.14 bits per heavy atom. The topological polar surface area (TPSA) is 142 Å². The highest BCUT2D eigenvalue weighted by molar-refractivity contribution is 7.89. The summed E-state index contributed by atoms with van der Waals surface area (Å²) in [6.07, 6.45) is -3.24. The summed E-state index contributed by atoms with van der Waals surface area (Å²) < 4.78 is 81.5. The number of benzene rings is 2. The van der Waals surface area contributed by atoms with Crippen LogP contribution >= 0.6 is 7.82 Å². The SMILES string of the molecule is O=C(N[C@H](COP(=O)(O)O)c1ccccc1)C1CCC(NS(=O)(=O)c2ccc(C(F)(F)F)cc2)CC1. The fourth-order valence-corrected chi connectivity index (χ4v) is 5.60. The van der Waals surface area contributed by atoms with E-state index in [-0.39, 0.29) is 10.8 Å². The molecule has 2 aromatic rings. The van der Waals surface area contributed by atoms with Gasteiger partial charge in [-0.05, 0) is 55.5 Å². The van der Waals surface area contributed by atoms with E-state index < -0.39 is 54.2 Å². The molecule has 0 unspecified atom stereocenters. The lowest BCUT2D eigenvalue weighted by Gasteiger charge is -2.29. The van der Waals surface area contributed by atoms with E-state index in [1.807, 2.05) is 0 Å². The van der Waals surface area contributed by atoms with E-state index in [1.54, 1.807) is 30.3 Å². The molecular weight excluding hydrogens is 524 g/mol. The molecule has 36 heavy (non-hydrogen) atoms. The molecule has 1 amide bonds. The third kappa shape index (κ3) is 8.12. The molecule has 0 radical (unpaired) electrons. The predicted molar refractivity (Wildman–Crippen MR) is 123 cm³/mol. The first-order valence-electron chi connectivity index (χ1n) is 11.0. The van der Waals surface area contributed by atoms with Crippen molar-refractivity contribution in [3.63, 3.8) is 0 Å². The van der Waals surface area contributed by atoms with Gasteiger partial charge in [-0.3, -0.25) is 9.32 Å². The van der Waals surface area contributed by atoms with Gasteiger partial charge < -0.3 is 15.1 Å². The van der Waals surface area contributed by atoms with Crippen LogP contribution in [0.4, 0.5) is 13.2 Å². The fraction of sp³-hybridized carbons (Fsp3) is 0.409. The minimum Gasteiger partial charge on any atom is -0.347 e. The zero-order chi connectivity index (χ0) is 26.6. The molecule has 1 atom stereocenters. The molecule has 9 nitrogen and oxygen atoms in total. The number of hydrogen-bond acceptors (Lipinski definition) is 5. The lowest BCUT2D eigenvalue weighted by molar-refractivity contribution is -0.137. The Balaban J connectivity index is 1.57. The van der Waals surface area contributed by atoms with Crippen LogP contribution in [0.2, 0.25) is 0 Å². The molecule has 0 saturated heterocycles. The van der Waals surface area contributed by atoms with Crippen LogP contribution in [0.15, 0.2) is 59.5 Å². The minimum absolute atomic E-state index is 0.286. The second-order valence-corrected chi connectivity index (χ2v) is 11.4. The number of hydrogen-bond donors (Lipinski definition) is 4. The first-order chi connectivity index (χ1) is 16.7. The number of phosphoric ester groups is 1. The third-order valence-corrected chi connectivity index (χ3v) is 7.86. The second kappa shape index (κ2) is 11.4. The number of carbonyl (C=O) groups excluding carboxylic acids is 1. The standard InChI is InChI=1S/C22H26F3N2O7PS/c23-22(24,25)17-8-12-19(13-9-17)36(32,33)27-18-10-6-16(7-11-18)21(28)26-20(14-34-35(29,30)31)15-4-2-1-3-5-15/h1-5,8-9,12-13,16,18,20,27H,6-7,10-11,14H2,(H,26,28)(H2,29,30,31)/t16?,18?,20-/m1/s1. The highest BCUT2D eigenvalue weighted by Gasteiger charge is 2.33. The summed E-state index contributed by atoms with van der Waals surface area (Å²) in [4.78, 5) is 30.6. The number of alkyl halides is 3. The summed E-state index contributed by atoms with van der Waals surface area (Å²) in [5, 5.41) is 2.74. The van der Waals surface area contributed by atoms with Crippen molar-refractivity contribution < 1.29 is 45.3 Å². The second-order valence-electron chi connectivity index (χ2n) is 8.45. The van der Waals surface area contributed by atoms with E-state index in [0.717, 1.165) is 12.1 Å². The van der Waals surface area contributed by atoms with E-state index in [2.05, 4.69) is 14.6 Å². The Morgan fingerprint density at radius 2 is 1.61 bits per heavy atom. The quantitative estimate of drug-likeness (QED) is 0.350. The number of phosphoric acid groups is 1. The van der Waals surface area contributed by atoms with E-state index >= 15 is 0 Å². The van der Waals surface area contributed by atoms with Crippen LogP contribution in [0.25, 0.3) is 0 Å². The van der Waals surface area contributed by atoms with Gasteiger partial charge in [0.2, 0.25) is 15.9 Å². The van der Waals surface area contributed by atoms with Crippen molar-refractivity contribution >= 4 is 23.8 Å². The Hall–Kier alpha value is -2.28. The average Bonchev–Trinajstić information content (AvgIpc) is 2.81. The maximum absolute atomic E-state index is 12.8. The molecule has 1 fully saturated rings. The van der Waals surface area contributed by atoms with Gasteiger partial charge in [0.15, 0.2) is 0 Å². The minimum atomic E-state index is -4.75. The molecule has 2 aromatic carbocycles. The summed E-state index contributed by atoms with van der Waals surface area (Å²) in [5.41, 5.74) is -0.356. The number of sulfonamides is 1. The fourth-order valence-electron chi connectivity index (χ4n) is 3.95. The van der Waals surface area contributed by atoms with Gasteiger partial charge in [0.25, 0.3) is 0 Å². The Bertz CT molecular complexity index is 1180. The van der Waals surface area contributed by atoms with Crippen molar-refractivity contribution in [3.05, 3.63) is 65.7 Å². The molecule has 0 bridgehead atoms. The van der Waals surface area contributed by atoms with Crippen LogP contribution in [0.3, 0.4) is 0 Å². The van der Waals surface area contributed by atoms with Crippen LogP contribution in [-0.4, -0.2) is 36.8 Å². The maximum Gasteiger partial charge on any atom is 0.469 e. The highest BCUT2D eigenvalue weighted by Crippen LogP contribution is 2.37. The average molecular weight is 550 g/mol. The van der Waals surface area contributed by atoms with Gasteiger partial charge in [-0.2, -0.15) is 13.2 Å². The summed E-state index contributed by atoms with van der Waals surface area (Å²) >= 11 is 0. The first-order valence-corrected chi connectivity index (χ1v) is 14.0. The molecule has 0 heterocycles. The van der Waals surface area contributed by atoms with Gasteiger partial charge in [-0.15, -0.1) is 0 Å². The van der Waals surface area contributed by atoms with E-state index in [0.29, 0.717) is 43.4 Å². The molecule has 3 rings (SSSR count). The van der Waals surface area contributed by atoms with Gasteiger partial charge in [0, 0.05) is 12.0 Å². The lowest BCUT2D eigenvalue weighted by Crippen LogP contribution is -2.42. The molecule has 4 N–H and O–H groups in total. The van der Waals surface area contributed by atoms with E-state index in [9.17, 15) is 30.9 Å². The summed E-state index contributed by atoms with van der Waals surface area (Å²) in [6.45, 7) is -0.442. The van der Waals surface area contributed by atoms with Gasteiger partial charge in [-0.25, -0.2) is 17.7 Å². The molecule has 0 aliphatic heterocycles. The van der Waals surface area contributed by atoms with Crippen LogP contribution in [-0.2, 0) is 30.1 Å². The summed E-state index contributed by atoms with van der Waals surface area (Å²) in [7, 11) is -8.80. The smallest absolute Gasteiger partial charge is 0.347 e. The maximum atomic E-state index is 12.8. The van der Waals surface area contributed by atoms with Gasteiger partial charge >= 0.3 is 14.0 Å². The lowest BCUT2D eigenvalue weighted by atomic mass is 9.85. The molecule has 1 saturated carbocycles. The van der Waals surface area contributed by atoms with E-state index in [4.69, 9.17) is 9.79 Å². The van der Waals surface area contributed by atoms with Gasteiger partial charge in [0.1, 0.15) is 0 Å². The largest absolute Gasteiger partial charge is 0.469 e. The van der Waals surface area contributed by atoms with Crippen molar-refractivity contribution in [1.82, 2.24) is 10.0 Å². The molecule has 1 aliphatic carbocycles. The van der Waals surface area contributed by atoms with Crippen LogP contribution in [0.1, 0.15) is 42.9 Å². The summed E-state index contributed by atoms with van der Waals surface area (Å²) in [6, 6.07) is 10.4. The number of amides is 1. The zero-order valence-electron chi connectivity index (χ0n) is 18.9. The Kier molecular flexibility index (Phi) is 8.97. The first kappa shape index (κ1) is 28.3. The summed E-state index contributed by atoms with van der Waals surface area (Å²) in [5.74, 6) is -0.819. The third-order valence-electron chi connectivity index (χ3n) is 5.84. The van der Waals surface area contributed by atoms with Crippen LogP contribution in [0.5, 0.6) is 0 Å². The number of nitrogens with one attached hydrogen (secondary N) is 2. The zero-order valence-corrected chi connectivity index (χ0v) is 20.6. The van der Waals surface area contributed by atoms with Gasteiger partial charge in [0.05, 0.1) is 23.1 Å². The van der Waals surface area contributed by atoms with Crippen LogP contribution < -0.4 is 10.0 Å². The van der Waals surface area contributed by atoms with Crippen LogP contribution in [0, 0.1) is 5.92 Å². The van der Waals surface area contributed by atoms with Crippen molar-refractivity contribution in [2.24, 2.45) is 5.92 Å². The van der Waals surface area contributed by atoms with Crippen molar-refractivity contribution in [3.8, 4) is 0 Å². The Morgan fingerprint density at radius 1 is 1.03 bits per heavy atom. The molecule has 0 aromatic heterocycles. The van der Waals surface area contributed by atoms with Gasteiger partial charge in [-0.1, -0.05) is 30.3 Å². The predicted octanol–water partition coefficient (Wildman–Crippen LogP) is 3.51. The van der Waals surface area contributed by atoms with Crippen molar-refractivity contribution in [2.45, 2.75) is 48.8 Å². The normalized spacial score (nSPS) is 20.0. The molecule has 1 aliphatic rings. The molecule has 198 valence electrons. The monoisotopic (exact) mass is 550 g/mol. The molecular formula is C22H26F3N2O7PS.